The Morgan fingerprint density at radius 1 is 1.30 bits per heavy atom. The third kappa shape index (κ3) is 2.23. The van der Waals surface area contributed by atoms with Crippen molar-refractivity contribution in [1.29, 1.82) is 5.26 Å². The van der Waals surface area contributed by atoms with Crippen LogP contribution < -0.4 is 0 Å². The number of sulfone groups is 1. The third-order valence-corrected chi connectivity index (χ3v) is 7.21. The summed E-state index contributed by atoms with van der Waals surface area (Å²) in [5, 5.41) is 18.9. The van der Waals surface area contributed by atoms with Crippen molar-refractivity contribution >= 4 is 9.84 Å². The van der Waals surface area contributed by atoms with Crippen molar-refractivity contribution in [3.8, 4) is 6.07 Å². The number of benzene rings is 1. The molecule has 0 saturated carbocycles. The minimum atomic E-state index is -3.02. The van der Waals surface area contributed by atoms with Crippen LogP contribution in [0.15, 0.2) is 24.3 Å². The lowest BCUT2D eigenvalue weighted by molar-refractivity contribution is 0.0219. The van der Waals surface area contributed by atoms with Gasteiger partial charge in [-0.15, -0.1) is 0 Å². The first-order valence-electron chi connectivity index (χ1n) is 6.87. The smallest absolute Gasteiger partial charge is 0.156 e. The van der Waals surface area contributed by atoms with E-state index in [0.717, 1.165) is 5.56 Å². The van der Waals surface area contributed by atoms with Crippen molar-refractivity contribution in [3.63, 3.8) is 0 Å². The lowest BCUT2D eigenvalue weighted by Gasteiger charge is -2.36. The maximum atomic E-state index is 12.1. The monoisotopic (exact) mass is 291 g/mol. The van der Waals surface area contributed by atoms with Crippen LogP contribution in [0.25, 0.3) is 0 Å². The van der Waals surface area contributed by atoms with Gasteiger partial charge in [-0.05, 0) is 43.4 Å². The Morgan fingerprint density at radius 2 is 1.95 bits per heavy atom. The molecule has 106 valence electrons. The first-order chi connectivity index (χ1) is 9.43. The van der Waals surface area contributed by atoms with Crippen molar-refractivity contribution in [2.45, 2.75) is 48.2 Å². The summed E-state index contributed by atoms with van der Waals surface area (Å²) in [4.78, 5) is 0. The molecule has 1 aromatic carbocycles. The third-order valence-electron chi connectivity index (χ3n) is 4.54. The van der Waals surface area contributed by atoms with Crippen molar-refractivity contribution in [2.24, 2.45) is 0 Å². The molecular formula is C15H17NO3S. The van der Waals surface area contributed by atoms with Gasteiger partial charge in [-0.2, -0.15) is 5.26 Å². The second-order valence-corrected chi connectivity index (χ2v) is 8.54. The normalized spacial score (nSPS) is 34.6. The van der Waals surface area contributed by atoms with Crippen LogP contribution in [0.3, 0.4) is 0 Å². The minimum absolute atomic E-state index is 0.322. The number of hydrogen-bond donors (Lipinski definition) is 1. The molecule has 0 aliphatic carbocycles. The van der Waals surface area contributed by atoms with E-state index in [1.54, 1.807) is 18.2 Å². The van der Waals surface area contributed by atoms with Crippen LogP contribution in [0.1, 0.15) is 36.8 Å². The summed E-state index contributed by atoms with van der Waals surface area (Å²) in [5.41, 5.74) is 0.508. The molecule has 2 bridgehead atoms. The predicted molar refractivity (Wildman–Crippen MR) is 74.8 cm³/mol. The van der Waals surface area contributed by atoms with E-state index in [1.807, 2.05) is 6.07 Å². The van der Waals surface area contributed by atoms with E-state index in [2.05, 4.69) is 6.07 Å². The van der Waals surface area contributed by atoms with E-state index in [0.29, 0.717) is 37.7 Å². The molecule has 0 aromatic heterocycles. The van der Waals surface area contributed by atoms with E-state index in [9.17, 15) is 13.5 Å². The Morgan fingerprint density at radius 3 is 2.55 bits per heavy atom. The van der Waals surface area contributed by atoms with Crippen LogP contribution in [0, 0.1) is 11.3 Å². The number of nitriles is 1. The summed E-state index contributed by atoms with van der Waals surface area (Å²) in [6.07, 6.45) is 2.41. The largest absolute Gasteiger partial charge is 0.389 e. The molecule has 2 heterocycles. The molecule has 1 aromatic rings. The van der Waals surface area contributed by atoms with Gasteiger partial charge < -0.3 is 5.11 Å². The fourth-order valence-electron chi connectivity index (χ4n) is 3.61. The van der Waals surface area contributed by atoms with Crippen LogP contribution >= 0.6 is 0 Å². The second kappa shape index (κ2) is 4.57. The lowest BCUT2D eigenvalue weighted by Crippen LogP contribution is -2.46. The first kappa shape index (κ1) is 13.6. The zero-order chi connectivity index (χ0) is 14.4. The van der Waals surface area contributed by atoms with Gasteiger partial charge in [0, 0.05) is 6.42 Å². The molecule has 3 rings (SSSR count). The topological polar surface area (TPSA) is 78.2 Å². The molecule has 2 fully saturated rings. The number of fused-ring (bicyclic) bond motifs is 2. The van der Waals surface area contributed by atoms with Crippen molar-refractivity contribution in [1.82, 2.24) is 0 Å². The Hall–Kier alpha value is -1.38. The van der Waals surface area contributed by atoms with Crippen LogP contribution in [0.2, 0.25) is 0 Å². The van der Waals surface area contributed by atoms with E-state index >= 15 is 0 Å². The Balaban J connectivity index is 1.83. The quantitative estimate of drug-likeness (QED) is 0.897. The average Bonchev–Trinajstić information content (AvgIpc) is 2.59. The Kier molecular flexibility index (Phi) is 3.11. The molecule has 0 spiro atoms. The van der Waals surface area contributed by atoms with E-state index in [-0.39, 0.29) is 10.5 Å². The molecule has 4 nitrogen and oxygen atoms in total. The van der Waals surface area contributed by atoms with Crippen molar-refractivity contribution in [3.05, 3.63) is 35.4 Å². The fourth-order valence-corrected chi connectivity index (χ4v) is 6.17. The van der Waals surface area contributed by atoms with E-state index in [4.69, 9.17) is 5.26 Å². The van der Waals surface area contributed by atoms with Gasteiger partial charge in [-0.3, -0.25) is 0 Å². The highest BCUT2D eigenvalue weighted by atomic mass is 32.2. The zero-order valence-corrected chi connectivity index (χ0v) is 11.9. The summed E-state index contributed by atoms with van der Waals surface area (Å²) >= 11 is 0. The zero-order valence-electron chi connectivity index (χ0n) is 11.1. The fraction of sp³-hybridized carbons (Fsp3) is 0.533. The summed E-state index contributed by atoms with van der Waals surface area (Å²) in [6.45, 7) is 0. The second-order valence-electron chi connectivity index (χ2n) is 6.03. The number of hydrogen-bond acceptors (Lipinski definition) is 4. The standard InChI is InChI=1S/C15H17NO3S/c16-10-12-3-1-2-11(6-12)7-15(17)8-13-4-5-14(9-15)20(13,18)19/h1-3,6,13-14,17H,4-5,7-9H2. The molecule has 0 radical (unpaired) electrons. The molecule has 20 heavy (non-hydrogen) atoms. The van der Waals surface area contributed by atoms with Crippen LogP contribution in [0.4, 0.5) is 0 Å². The first-order valence-corrected chi connectivity index (χ1v) is 8.48. The SMILES string of the molecule is N#Cc1cccc(CC2(O)CC3CCC(C2)S3(=O)=O)c1. The van der Waals surface area contributed by atoms with Crippen LogP contribution in [-0.4, -0.2) is 29.6 Å². The van der Waals surface area contributed by atoms with Gasteiger partial charge in [-0.25, -0.2) is 8.42 Å². The highest BCUT2D eigenvalue weighted by Crippen LogP contribution is 2.44. The van der Waals surface area contributed by atoms with Crippen LogP contribution in [-0.2, 0) is 16.3 Å². The summed E-state index contributed by atoms with van der Waals surface area (Å²) in [6, 6.07) is 9.25. The number of rotatable bonds is 2. The molecule has 2 atom stereocenters. The van der Waals surface area contributed by atoms with Gasteiger partial charge in [0.2, 0.25) is 0 Å². The molecule has 0 amide bonds. The average molecular weight is 291 g/mol. The lowest BCUT2D eigenvalue weighted by atomic mass is 9.86. The molecule has 5 heteroatoms. The summed E-state index contributed by atoms with van der Waals surface area (Å²) in [5.74, 6) is 0. The molecular weight excluding hydrogens is 274 g/mol. The highest BCUT2D eigenvalue weighted by molar-refractivity contribution is 7.93. The maximum absolute atomic E-state index is 12.1. The van der Waals surface area contributed by atoms with Gasteiger partial charge in [0.15, 0.2) is 9.84 Å². The Labute approximate surface area is 119 Å². The van der Waals surface area contributed by atoms with Crippen molar-refractivity contribution < 1.29 is 13.5 Å². The van der Waals surface area contributed by atoms with Gasteiger partial charge in [0.05, 0.1) is 27.7 Å². The number of nitrogens with zero attached hydrogens (tertiary/aromatic N) is 1. The number of aliphatic hydroxyl groups is 1. The molecule has 2 aliphatic rings. The van der Waals surface area contributed by atoms with Gasteiger partial charge in [-0.1, -0.05) is 12.1 Å². The van der Waals surface area contributed by atoms with Gasteiger partial charge in [0.1, 0.15) is 0 Å². The summed E-state index contributed by atoms with van der Waals surface area (Å²) < 4.78 is 24.1. The molecule has 2 saturated heterocycles. The van der Waals surface area contributed by atoms with Crippen LogP contribution in [0.5, 0.6) is 0 Å². The highest BCUT2D eigenvalue weighted by Gasteiger charge is 2.52. The van der Waals surface area contributed by atoms with E-state index in [1.165, 1.54) is 0 Å². The van der Waals surface area contributed by atoms with Crippen molar-refractivity contribution in [2.75, 3.05) is 0 Å². The molecule has 1 N–H and O–H groups in total. The molecule has 2 unspecified atom stereocenters. The van der Waals surface area contributed by atoms with Gasteiger partial charge in [0.25, 0.3) is 0 Å². The minimum Gasteiger partial charge on any atom is -0.389 e. The Bertz CT molecular complexity index is 655. The molecule has 2 aliphatic heterocycles. The maximum Gasteiger partial charge on any atom is 0.156 e. The predicted octanol–water partition coefficient (Wildman–Crippen LogP) is 1.57. The van der Waals surface area contributed by atoms with Gasteiger partial charge >= 0.3 is 0 Å². The van der Waals surface area contributed by atoms with E-state index < -0.39 is 15.4 Å². The summed E-state index contributed by atoms with van der Waals surface area (Å²) in [7, 11) is -3.02.